The lowest BCUT2D eigenvalue weighted by atomic mass is 10.2. The van der Waals surface area contributed by atoms with Gasteiger partial charge in [0, 0.05) is 7.05 Å². The number of likely N-dealkylation sites (N-methyl/N-ethyl adjacent to an activating group) is 1. The van der Waals surface area contributed by atoms with Crippen LogP contribution >= 0.6 is 12.2 Å². The van der Waals surface area contributed by atoms with E-state index in [0.29, 0.717) is 0 Å². The molecule has 1 amide bonds. The summed E-state index contributed by atoms with van der Waals surface area (Å²) in [6.07, 6.45) is 0. The molecule has 20 heavy (non-hydrogen) atoms. The molecule has 0 heterocycles. The highest BCUT2D eigenvalue weighted by Gasteiger charge is 2.26. The van der Waals surface area contributed by atoms with E-state index in [4.69, 9.17) is 5.73 Å². The first-order chi connectivity index (χ1) is 9.20. The number of nitrogens with two attached hydrogens (primary N) is 1. The van der Waals surface area contributed by atoms with Crippen LogP contribution in [0.2, 0.25) is 0 Å². The van der Waals surface area contributed by atoms with Crippen molar-refractivity contribution in [3.8, 4) is 0 Å². The van der Waals surface area contributed by atoms with Gasteiger partial charge in [-0.15, -0.1) is 0 Å². The van der Waals surface area contributed by atoms with Crippen LogP contribution in [0.1, 0.15) is 12.5 Å². The normalized spacial score (nSPS) is 12.8. The van der Waals surface area contributed by atoms with E-state index in [9.17, 15) is 17.6 Å². The van der Waals surface area contributed by atoms with Crippen LogP contribution in [-0.4, -0.2) is 32.4 Å². The summed E-state index contributed by atoms with van der Waals surface area (Å²) in [6, 6.07) is 2.41. The Morgan fingerprint density at radius 1 is 1.45 bits per heavy atom. The highest BCUT2D eigenvalue weighted by atomic mass is 32.2. The third-order valence-electron chi connectivity index (χ3n) is 2.48. The fourth-order valence-corrected chi connectivity index (χ4v) is 3.24. The van der Waals surface area contributed by atoms with Gasteiger partial charge < -0.3 is 11.1 Å². The Labute approximate surface area is 121 Å². The molecule has 9 heteroatoms. The lowest BCUT2D eigenvalue weighted by molar-refractivity contribution is -0.121. The maximum absolute atomic E-state index is 13.7. The molecule has 0 saturated heterocycles. The van der Waals surface area contributed by atoms with Crippen LogP contribution in [0.5, 0.6) is 0 Å². The van der Waals surface area contributed by atoms with Gasteiger partial charge in [-0.3, -0.25) is 4.79 Å². The van der Waals surface area contributed by atoms with Crippen LogP contribution in [0, 0.1) is 5.82 Å². The van der Waals surface area contributed by atoms with Crippen molar-refractivity contribution < 1.29 is 17.6 Å². The molecule has 0 saturated carbocycles. The Morgan fingerprint density at radius 3 is 2.55 bits per heavy atom. The van der Waals surface area contributed by atoms with Crippen molar-refractivity contribution >= 4 is 33.1 Å². The average Bonchev–Trinajstić information content (AvgIpc) is 2.36. The number of carbonyl (C=O) groups excluding carboxylic acids is 1. The number of halogens is 1. The summed E-state index contributed by atoms with van der Waals surface area (Å²) >= 11 is 4.66. The lowest BCUT2D eigenvalue weighted by Crippen LogP contribution is -2.43. The van der Waals surface area contributed by atoms with Crippen molar-refractivity contribution in [1.29, 1.82) is 0 Å². The zero-order valence-electron chi connectivity index (χ0n) is 10.8. The van der Waals surface area contributed by atoms with E-state index in [1.807, 2.05) is 0 Å². The molecule has 110 valence electrons. The average molecular weight is 319 g/mol. The Balaban J connectivity index is 3.27. The van der Waals surface area contributed by atoms with Crippen LogP contribution in [0.3, 0.4) is 0 Å². The molecule has 0 aliphatic carbocycles. The first-order valence-electron chi connectivity index (χ1n) is 5.53. The van der Waals surface area contributed by atoms with E-state index in [1.54, 1.807) is 0 Å². The minimum atomic E-state index is -4.13. The van der Waals surface area contributed by atoms with Gasteiger partial charge >= 0.3 is 0 Å². The van der Waals surface area contributed by atoms with Gasteiger partial charge in [0.15, 0.2) is 0 Å². The smallest absolute Gasteiger partial charge is 0.242 e. The Morgan fingerprint density at radius 2 is 2.05 bits per heavy atom. The maximum atomic E-state index is 13.7. The molecule has 6 nitrogen and oxygen atoms in total. The molecule has 0 aromatic heterocycles. The fraction of sp³-hybridized carbons (Fsp3) is 0.273. The van der Waals surface area contributed by atoms with Crippen molar-refractivity contribution in [2.24, 2.45) is 5.73 Å². The van der Waals surface area contributed by atoms with E-state index >= 15 is 0 Å². The standard InChI is InChI=1S/C11H14FN3O3S2/c1-6(11(16)14-2)15-20(17,18)8-5-3-4-7(12)9(8)10(13)19/h3-6,15H,1-2H3,(H2,13,19)(H,14,16). The number of amides is 1. The number of sulfonamides is 1. The summed E-state index contributed by atoms with van der Waals surface area (Å²) in [5.41, 5.74) is 4.97. The molecule has 1 rings (SSSR count). The van der Waals surface area contributed by atoms with E-state index in [0.717, 1.165) is 12.1 Å². The molecule has 1 unspecified atom stereocenters. The zero-order chi connectivity index (χ0) is 15.5. The second kappa shape index (κ2) is 6.25. The molecule has 4 N–H and O–H groups in total. The number of hydrogen-bond acceptors (Lipinski definition) is 4. The van der Waals surface area contributed by atoms with Gasteiger partial charge in [-0.05, 0) is 19.1 Å². The number of nitrogens with one attached hydrogen (secondary N) is 2. The minimum Gasteiger partial charge on any atom is -0.389 e. The fourth-order valence-electron chi connectivity index (χ4n) is 1.53. The van der Waals surface area contributed by atoms with Crippen molar-refractivity contribution in [2.75, 3.05) is 7.05 Å². The van der Waals surface area contributed by atoms with Crippen molar-refractivity contribution in [3.05, 3.63) is 29.6 Å². The maximum Gasteiger partial charge on any atom is 0.242 e. The monoisotopic (exact) mass is 319 g/mol. The molecule has 0 radical (unpaired) electrons. The molecule has 0 fully saturated rings. The van der Waals surface area contributed by atoms with Gasteiger partial charge in [0.2, 0.25) is 15.9 Å². The Kier molecular flexibility index (Phi) is 5.15. The third-order valence-corrected chi connectivity index (χ3v) is 4.27. The second-order valence-electron chi connectivity index (χ2n) is 3.93. The lowest BCUT2D eigenvalue weighted by Gasteiger charge is -2.15. The Bertz CT molecular complexity index is 646. The first kappa shape index (κ1) is 16.5. The first-order valence-corrected chi connectivity index (χ1v) is 7.42. The number of rotatable bonds is 5. The van der Waals surface area contributed by atoms with Gasteiger partial charge in [-0.1, -0.05) is 18.3 Å². The van der Waals surface area contributed by atoms with Crippen LogP contribution in [0.15, 0.2) is 23.1 Å². The molecule has 1 atom stereocenters. The van der Waals surface area contributed by atoms with Gasteiger partial charge in [0.25, 0.3) is 0 Å². The summed E-state index contributed by atoms with van der Waals surface area (Å²) < 4.78 is 40.1. The van der Waals surface area contributed by atoms with E-state index in [1.165, 1.54) is 20.0 Å². The van der Waals surface area contributed by atoms with E-state index in [-0.39, 0.29) is 10.6 Å². The van der Waals surface area contributed by atoms with Crippen molar-refractivity contribution in [1.82, 2.24) is 10.0 Å². The summed E-state index contributed by atoms with van der Waals surface area (Å²) in [4.78, 5) is 10.6. The van der Waals surface area contributed by atoms with Crippen LogP contribution < -0.4 is 15.8 Å². The minimum absolute atomic E-state index is 0.376. The molecule has 1 aromatic carbocycles. The summed E-state index contributed by atoms with van der Waals surface area (Å²) in [6.45, 7) is 1.36. The highest BCUT2D eigenvalue weighted by molar-refractivity contribution is 7.89. The summed E-state index contributed by atoms with van der Waals surface area (Å²) in [7, 11) is -2.76. The predicted molar refractivity (Wildman–Crippen MR) is 76.1 cm³/mol. The van der Waals surface area contributed by atoms with Crippen LogP contribution in [0.25, 0.3) is 0 Å². The molecule has 0 aliphatic rings. The number of hydrogen-bond donors (Lipinski definition) is 3. The quantitative estimate of drug-likeness (QED) is 0.657. The molecular formula is C11H14FN3O3S2. The van der Waals surface area contributed by atoms with Gasteiger partial charge in [0.1, 0.15) is 10.8 Å². The topological polar surface area (TPSA) is 101 Å². The largest absolute Gasteiger partial charge is 0.389 e. The molecule has 0 aliphatic heterocycles. The van der Waals surface area contributed by atoms with E-state index in [2.05, 4.69) is 22.3 Å². The number of thiocarbonyl (C=S) groups is 1. The molecule has 0 bridgehead atoms. The summed E-state index contributed by atoms with van der Waals surface area (Å²) in [5.74, 6) is -1.37. The van der Waals surface area contributed by atoms with Crippen LogP contribution in [0.4, 0.5) is 4.39 Å². The van der Waals surface area contributed by atoms with Gasteiger partial charge in [0.05, 0.1) is 16.5 Å². The summed E-state index contributed by atoms with van der Waals surface area (Å²) in [5, 5.41) is 2.30. The Hall–Kier alpha value is -1.58. The van der Waals surface area contributed by atoms with Crippen LogP contribution in [-0.2, 0) is 14.8 Å². The molecule has 0 spiro atoms. The molecule has 1 aromatic rings. The SMILES string of the molecule is CNC(=O)C(C)NS(=O)(=O)c1cccc(F)c1C(N)=S. The molecular weight excluding hydrogens is 305 g/mol. The van der Waals surface area contributed by atoms with E-state index < -0.39 is 32.7 Å². The zero-order valence-corrected chi connectivity index (χ0v) is 12.4. The van der Waals surface area contributed by atoms with Crippen molar-refractivity contribution in [3.63, 3.8) is 0 Å². The van der Waals surface area contributed by atoms with Gasteiger partial charge in [-0.2, -0.15) is 4.72 Å². The third kappa shape index (κ3) is 3.50. The predicted octanol–water partition coefficient (Wildman–Crippen LogP) is -0.127. The number of carbonyl (C=O) groups is 1. The highest BCUT2D eigenvalue weighted by Crippen LogP contribution is 2.19. The second-order valence-corrected chi connectivity index (χ2v) is 6.06. The van der Waals surface area contributed by atoms with Crippen molar-refractivity contribution in [2.45, 2.75) is 17.9 Å². The number of benzene rings is 1. The van der Waals surface area contributed by atoms with Gasteiger partial charge in [-0.25, -0.2) is 12.8 Å².